The van der Waals surface area contributed by atoms with E-state index in [9.17, 15) is 4.39 Å². The molecule has 0 saturated carbocycles. The first kappa shape index (κ1) is 17.6. The SMILES string of the molecule is COc1ccc(-c2noc(-c3ncn4c3CO[C@H](c3ccccc3F)C4)n2)cc1. The Labute approximate surface area is 165 Å². The van der Waals surface area contributed by atoms with E-state index < -0.39 is 0 Å². The lowest BCUT2D eigenvalue weighted by molar-refractivity contribution is 0.00126. The van der Waals surface area contributed by atoms with Crippen LogP contribution >= 0.6 is 0 Å². The van der Waals surface area contributed by atoms with Crippen LogP contribution < -0.4 is 4.74 Å². The summed E-state index contributed by atoms with van der Waals surface area (Å²) in [4.78, 5) is 8.89. The van der Waals surface area contributed by atoms with E-state index in [2.05, 4.69) is 15.1 Å². The number of fused-ring (bicyclic) bond motifs is 1. The fraction of sp³-hybridized carbons (Fsp3) is 0.190. The minimum absolute atomic E-state index is 0.272. The highest BCUT2D eigenvalue weighted by atomic mass is 19.1. The van der Waals surface area contributed by atoms with Gasteiger partial charge in [0.15, 0.2) is 5.69 Å². The van der Waals surface area contributed by atoms with Gasteiger partial charge >= 0.3 is 0 Å². The van der Waals surface area contributed by atoms with Crippen LogP contribution in [0, 0.1) is 5.82 Å². The van der Waals surface area contributed by atoms with Crippen molar-refractivity contribution in [1.29, 1.82) is 0 Å². The van der Waals surface area contributed by atoms with Gasteiger partial charge < -0.3 is 18.6 Å². The molecule has 0 saturated heterocycles. The summed E-state index contributed by atoms with van der Waals surface area (Å²) in [6, 6.07) is 14.0. The van der Waals surface area contributed by atoms with Crippen LogP contribution in [0.15, 0.2) is 59.4 Å². The van der Waals surface area contributed by atoms with Gasteiger partial charge in [0.25, 0.3) is 5.89 Å². The Kier molecular flexibility index (Phi) is 4.33. The van der Waals surface area contributed by atoms with Gasteiger partial charge in [-0.15, -0.1) is 0 Å². The predicted octanol–water partition coefficient (Wildman–Crippen LogP) is 4.02. The van der Waals surface area contributed by atoms with Gasteiger partial charge in [0.1, 0.15) is 17.7 Å². The summed E-state index contributed by atoms with van der Waals surface area (Å²) in [6.45, 7) is 0.733. The number of halogens is 1. The molecule has 7 nitrogen and oxygen atoms in total. The van der Waals surface area contributed by atoms with Crippen molar-refractivity contribution in [3.8, 4) is 28.7 Å². The van der Waals surface area contributed by atoms with E-state index in [-0.39, 0.29) is 18.5 Å². The predicted molar refractivity (Wildman–Crippen MR) is 101 cm³/mol. The largest absolute Gasteiger partial charge is 0.497 e. The molecule has 1 aliphatic heterocycles. The molecule has 2 aromatic carbocycles. The lowest BCUT2D eigenvalue weighted by atomic mass is 10.1. The first-order valence-corrected chi connectivity index (χ1v) is 9.11. The second-order valence-corrected chi connectivity index (χ2v) is 6.67. The number of imidazole rings is 1. The van der Waals surface area contributed by atoms with E-state index in [1.807, 2.05) is 28.8 Å². The maximum absolute atomic E-state index is 14.1. The monoisotopic (exact) mass is 392 g/mol. The topological polar surface area (TPSA) is 75.2 Å². The van der Waals surface area contributed by atoms with Crippen LogP contribution in [0.1, 0.15) is 17.4 Å². The average Bonchev–Trinajstić information content (AvgIpc) is 3.41. The van der Waals surface area contributed by atoms with Crippen molar-refractivity contribution >= 4 is 0 Å². The van der Waals surface area contributed by atoms with E-state index >= 15 is 0 Å². The third kappa shape index (κ3) is 3.17. The van der Waals surface area contributed by atoms with Crippen molar-refractivity contribution < 1.29 is 18.4 Å². The summed E-state index contributed by atoms with van der Waals surface area (Å²) < 4.78 is 32.5. The Hall–Kier alpha value is -3.52. The van der Waals surface area contributed by atoms with Crippen molar-refractivity contribution in [1.82, 2.24) is 19.7 Å². The second-order valence-electron chi connectivity index (χ2n) is 6.67. The molecule has 8 heteroatoms. The Bertz CT molecular complexity index is 1150. The molecule has 5 rings (SSSR count). The molecule has 29 heavy (non-hydrogen) atoms. The number of rotatable bonds is 4. The van der Waals surface area contributed by atoms with Crippen LogP contribution in [0.2, 0.25) is 0 Å². The molecule has 0 fully saturated rings. The molecule has 0 radical (unpaired) electrons. The van der Waals surface area contributed by atoms with Crippen LogP contribution in [0.5, 0.6) is 5.75 Å². The van der Waals surface area contributed by atoms with Gasteiger partial charge in [-0.05, 0) is 30.3 Å². The number of ether oxygens (including phenoxy) is 2. The van der Waals surface area contributed by atoms with Crippen LogP contribution in [0.3, 0.4) is 0 Å². The molecule has 1 aliphatic rings. The van der Waals surface area contributed by atoms with E-state index in [4.69, 9.17) is 14.0 Å². The van der Waals surface area contributed by atoms with Crippen LogP contribution in [-0.2, 0) is 17.9 Å². The molecule has 1 atom stereocenters. The summed E-state index contributed by atoms with van der Waals surface area (Å²) >= 11 is 0. The summed E-state index contributed by atoms with van der Waals surface area (Å²) in [5.41, 5.74) is 2.74. The van der Waals surface area contributed by atoms with E-state index in [0.29, 0.717) is 29.5 Å². The van der Waals surface area contributed by atoms with Crippen LogP contribution in [0.4, 0.5) is 4.39 Å². The van der Waals surface area contributed by atoms with Gasteiger partial charge in [0, 0.05) is 11.1 Å². The maximum Gasteiger partial charge on any atom is 0.278 e. The van der Waals surface area contributed by atoms with Gasteiger partial charge in [-0.2, -0.15) is 4.98 Å². The average molecular weight is 392 g/mol. The Balaban J connectivity index is 1.41. The smallest absolute Gasteiger partial charge is 0.278 e. The molecule has 0 spiro atoms. The molecule has 146 valence electrons. The molecule has 0 amide bonds. The lowest BCUT2D eigenvalue weighted by Crippen LogP contribution is -2.21. The highest BCUT2D eigenvalue weighted by Gasteiger charge is 2.27. The Morgan fingerprint density at radius 3 is 2.76 bits per heavy atom. The molecule has 0 unspecified atom stereocenters. The number of hydrogen-bond donors (Lipinski definition) is 0. The Morgan fingerprint density at radius 1 is 1.14 bits per heavy atom. The zero-order valence-corrected chi connectivity index (χ0v) is 15.6. The van der Waals surface area contributed by atoms with E-state index in [1.54, 1.807) is 31.6 Å². The zero-order chi connectivity index (χ0) is 19.8. The molecule has 0 N–H and O–H groups in total. The standard InChI is InChI=1S/C21H17FN4O3/c1-27-14-8-6-13(7-9-14)20-24-21(29-25-20)19-17-11-28-18(10-26(17)12-23-19)15-4-2-3-5-16(15)22/h2-9,12,18H,10-11H2,1H3/t18-/m0/s1. The summed E-state index contributed by atoms with van der Waals surface area (Å²) in [6.07, 6.45) is 1.32. The first-order chi connectivity index (χ1) is 14.2. The van der Waals surface area contributed by atoms with Crippen molar-refractivity contribution in [2.45, 2.75) is 19.3 Å². The molecular formula is C21H17FN4O3. The normalized spacial score (nSPS) is 15.9. The number of nitrogens with zero attached hydrogens (tertiary/aromatic N) is 4. The first-order valence-electron chi connectivity index (χ1n) is 9.11. The van der Waals surface area contributed by atoms with E-state index in [1.165, 1.54) is 6.07 Å². The fourth-order valence-corrected chi connectivity index (χ4v) is 3.41. The molecule has 3 heterocycles. The summed E-state index contributed by atoms with van der Waals surface area (Å²) in [5.74, 6) is 1.26. The molecule has 4 aromatic rings. The van der Waals surface area contributed by atoms with Gasteiger partial charge in [0.2, 0.25) is 5.82 Å². The minimum Gasteiger partial charge on any atom is -0.497 e. The zero-order valence-electron chi connectivity index (χ0n) is 15.6. The lowest BCUT2D eigenvalue weighted by Gasteiger charge is -2.25. The van der Waals surface area contributed by atoms with Gasteiger partial charge in [-0.1, -0.05) is 23.4 Å². The second kappa shape index (κ2) is 7.14. The van der Waals surface area contributed by atoms with Crippen molar-refractivity contribution in [3.63, 3.8) is 0 Å². The summed E-state index contributed by atoms with van der Waals surface area (Å²) in [5, 5.41) is 4.05. The van der Waals surface area contributed by atoms with Crippen LogP contribution in [-0.4, -0.2) is 26.8 Å². The van der Waals surface area contributed by atoms with Crippen LogP contribution in [0.25, 0.3) is 23.0 Å². The van der Waals surface area contributed by atoms with Gasteiger partial charge in [0.05, 0.1) is 32.3 Å². The molecule has 0 aliphatic carbocycles. The van der Waals surface area contributed by atoms with Gasteiger partial charge in [-0.3, -0.25) is 0 Å². The highest BCUT2D eigenvalue weighted by Crippen LogP contribution is 2.32. The third-order valence-corrected chi connectivity index (χ3v) is 4.96. The number of hydrogen-bond acceptors (Lipinski definition) is 6. The van der Waals surface area contributed by atoms with Crippen molar-refractivity contribution in [3.05, 3.63) is 71.9 Å². The maximum atomic E-state index is 14.1. The third-order valence-electron chi connectivity index (χ3n) is 4.96. The molecule has 0 bridgehead atoms. The number of aromatic nitrogens is 4. The fourth-order valence-electron chi connectivity index (χ4n) is 3.41. The number of benzene rings is 2. The molecular weight excluding hydrogens is 375 g/mol. The number of methoxy groups -OCH3 is 1. The minimum atomic E-state index is -0.372. The Morgan fingerprint density at radius 2 is 1.97 bits per heavy atom. The molecule has 2 aromatic heterocycles. The van der Waals surface area contributed by atoms with Gasteiger partial charge in [-0.25, -0.2) is 9.37 Å². The van der Waals surface area contributed by atoms with Crippen molar-refractivity contribution in [2.24, 2.45) is 0 Å². The van der Waals surface area contributed by atoms with Crippen molar-refractivity contribution in [2.75, 3.05) is 7.11 Å². The van der Waals surface area contributed by atoms with E-state index in [0.717, 1.165) is 17.0 Å². The highest BCUT2D eigenvalue weighted by molar-refractivity contribution is 5.59. The summed E-state index contributed by atoms with van der Waals surface area (Å²) in [7, 11) is 1.61. The quantitative estimate of drug-likeness (QED) is 0.522.